The summed E-state index contributed by atoms with van der Waals surface area (Å²) in [6.45, 7) is 0. The van der Waals surface area contributed by atoms with Gasteiger partial charge in [-0.2, -0.15) is 0 Å². The summed E-state index contributed by atoms with van der Waals surface area (Å²) in [4.78, 5) is 29.8. The van der Waals surface area contributed by atoms with Crippen LogP contribution >= 0.6 is 31.9 Å². The first-order valence-electron chi connectivity index (χ1n) is 4.19. The Labute approximate surface area is 108 Å². The molecule has 2 N–H and O–H groups in total. The van der Waals surface area contributed by atoms with E-state index in [1.807, 2.05) is 0 Å². The fourth-order valence-electron chi connectivity index (χ4n) is 0.810. The smallest absolute Gasteiger partial charge is 0.236 e. The third-order valence-electron chi connectivity index (χ3n) is 1.43. The molecule has 0 aliphatic heterocycles. The fraction of sp³-hybridized carbons (Fsp3) is 0.250. The molecule has 0 aliphatic carbocycles. The number of aromatic nitrogens is 2. The number of rotatable bonds is 4. The summed E-state index contributed by atoms with van der Waals surface area (Å²) in [6.07, 6.45) is 2.73. The summed E-state index contributed by atoms with van der Waals surface area (Å²) in [5, 5.41) is 5.39. The van der Waals surface area contributed by atoms with Crippen molar-refractivity contribution >= 4 is 55.3 Å². The first-order chi connectivity index (χ1) is 7.65. The molecular formula is C8H8Br2N4O2. The van der Waals surface area contributed by atoms with Gasteiger partial charge in [-0.05, 0) is 0 Å². The molecule has 0 spiro atoms. The van der Waals surface area contributed by atoms with Crippen LogP contribution in [-0.4, -0.2) is 32.4 Å². The van der Waals surface area contributed by atoms with Crippen LogP contribution in [-0.2, 0) is 9.59 Å². The highest BCUT2D eigenvalue weighted by Crippen LogP contribution is 2.05. The summed E-state index contributed by atoms with van der Waals surface area (Å²) in [5.41, 5.74) is 0. The van der Waals surface area contributed by atoms with Gasteiger partial charge in [-0.25, -0.2) is 9.97 Å². The van der Waals surface area contributed by atoms with Crippen LogP contribution in [0.5, 0.6) is 0 Å². The van der Waals surface area contributed by atoms with Crippen molar-refractivity contribution in [2.75, 3.05) is 21.3 Å². The van der Waals surface area contributed by atoms with E-state index in [4.69, 9.17) is 0 Å². The van der Waals surface area contributed by atoms with E-state index in [0.29, 0.717) is 11.6 Å². The first kappa shape index (κ1) is 13.0. The molecule has 0 unspecified atom stereocenters. The summed E-state index contributed by atoms with van der Waals surface area (Å²) < 4.78 is 0. The first-order valence-corrected chi connectivity index (χ1v) is 6.43. The number of alkyl halides is 2. The van der Waals surface area contributed by atoms with Crippen LogP contribution in [0.2, 0.25) is 0 Å². The van der Waals surface area contributed by atoms with Gasteiger partial charge >= 0.3 is 0 Å². The van der Waals surface area contributed by atoms with Crippen molar-refractivity contribution in [1.82, 2.24) is 9.97 Å². The molecule has 1 heterocycles. The van der Waals surface area contributed by atoms with Gasteiger partial charge in [0.2, 0.25) is 11.8 Å². The lowest BCUT2D eigenvalue weighted by Gasteiger charge is -2.03. The van der Waals surface area contributed by atoms with E-state index in [1.165, 1.54) is 12.4 Å². The minimum atomic E-state index is -0.216. The Morgan fingerprint density at radius 2 is 1.38 bits per heavy atom. The average Bonchev–Trinajstić information content (AvgIpc) is 2.31. The summed E-state index contributed by atoms with van der Waals surface area (Å²) in [7, 11) is 0. The van der Waals surface area contributed by atoms with E-state index in [1.54, 1.807) is 0 Å². The lowest BCUT2D eigenvalue weighted by molar-refractivity contribution is -0.114. The van der Waals surface area contributed by atoms with Crippen LogP contribution in [0, 0.1) is 0 Å². The molecule has 1 aromatic rings. The maximum atomic E-state index is 11.0. The Morgan fingerprint density at radius 1 is 1.00 bits per heavy atom. The predicted molar refractivity (Wildman–Crippen MR) is 66.9 cm³/mol. The molecule has 0 saturated carbocycles. The van der Waals surface area contributed by atoms with Crippen LogP contribution in [0.25, 0.3) is 0 Å². The Hall–Kier alpha value is -1.02. The zero-order valence-corrected chi connectivity index (χ0v) is 11.2. The SMILES string of the molecule is O=C(CBr)Nc1cnc(NC(=O)CBr)cn1. The number of halogens is 2. The lowest BCUT2D eigenvalue weighted by atomic mass is 10.5. The van der Waals surface area contributed by atoms with Gasteiger partial charge in [0.25, 0.3) is 0 Å². The average molecular weight is 352 g/mol. The Morgan fingerprint density at radius 3 is 1.62 bits per heavy atom. The number of nitrogens with zero attached hydrogens (tertiary/aromatic N) is 2. The van der Waals surface area contributed by atoms with Gasteiger partial charge in [-0.1, -0.05) is 31.9 Å². The van der Waals surface area contributed by atoms with Crippen molar-refractivity contribution in [2.45, 2.75) is 0 Å². The zero-order valence-electron chi connectivity index (χ0n) is 8.04. The third-order valence-corrected chi connectivity index (χ3v) is 2.45. The number of carbonyl (C=O) groups excluding carboxylic acids is 2. The standard InChI is InChI=1S/C8H8Br2N4O2/c9-1-7(15)13-5-3-12-6(4-11-5)14-8(16)2-10/h3-4H,1-2H2,(H,11,13,15)(H,12,14,16). The summed E-state index contributed by atoms with van der Waals surface area (Å²) in [6, 6.07) is 0. The number of amides is 2. The number of carbonyl (C=O) groups is 2. The minimum Gasteiger partial charge on any atom is -0.309 e. The van der Waals surface area contributed by atoms with Gasteiger partial charge in [0.05, 0.1) is 23.1 Å². The van der Waals surface area contributed by atoms with E-state index in [9.17, 15) is 9.59 Å². The van der Waals surface area contributed by atoms with Crippen molar-refractivity contribution < 1.29 is 9.59 Å². The third kappa shape index (κ3) is 4.23. The van der Waals surface area contributed by atoms with E-state index in [2.05, 4.69) is 52.5 Å². The summed E-state index contributed by atoms with van der Waals surface area (Å²) >= 11 is 6.01. The second kappa shape index (κ2) is 6.54. The van der Waals surface area contributed by atoms with Crippen molar-refractivity contribution in [3.05, 3.63) is 12.4 Å². The second-order valence-corrected chi connectivity index (χ2v) is 3.77. The summed E-state index contributed by atoms with van der Waals surface area (Å²) in [5.74, 6) is 0.237. The molecule has 0 fully saturated rings. The van der Waals surface area contributed by atoms with Gasteiger partial charge in [0, 0.05) is 0 Å². The molecule has 6 nitrogen and oxygen atoms in total. The van der Waals surface area contributed by atoms with Crippen molar-refractivity contribution in [3.8, 4) is 0 Å². The van der Waals surface area contributed by atoms with Gasteiger partial charge in [0.15, 0.2) is 11.6 Å². The van der Waals surface area contributed by atoms with Gasteiger partial charge < -0.3 is 10.6 Å². The Kier molecular flexibility index (Phi) is 5.33. The molecule has 0 aromatic carbocycles. The maximum absolute atomic E-state index is 11.0. The zero-order chi connectivity index (χ0) is 12.0. The molecule has 0 radical (unpaired) electrons. The highest BCUT2D eigenvalue weighted by molar-refractivity contribution is 9.09. The van der Waals surface area contributed by atoms with E-state index in [0.717, 1.165) is 0 Å². The molecule has 1 rings (SSSR count). The van der Waals surface area contributed by atoms with Crippen LogP contribution in [0.15, 0.2) is 12.4 Å². The van der Waals surface area contributed by atoms with Crippen LogP contribution in [0.4, 0.5) is 11.6 Å². The normalized spacial score (nSPS) is 9.62. The lowest BCUT2D eigenvalue weighted by Crippen LogP contribution is -2.16. The second-order valence-electron chi connectivity index (χ2n) is 2.65. The number of nitrogens with one attached hydrogen (secondary N) is 2. The van der Waals surface area contributed by atoms with Crippen LogP contribution in [0.3, 0.4) is 0 Å². The molecule has 0 bridgehead atoms. The Bertz CT molecular complexity index is 345. The monoisotopic (exact) mass is 350 g/mol. The highest BCUT2D eigenvalue weighted by atomic mass is 79.9. The maximum Gasteiger partial charge on any atom is 0.236 e. The molecule has 8 heteroatoms. The molecule has 86 valence electrons. The van der Waals surface area contributed by atoms with Crippen molar-refractivity contribution in [2.24, 2.45) is 0 Å². The van der Waals surface area contributed by atoms with Crippen LogP contribution < -0.4 is 10.6 Å². The van der Waals surface area contributed by atoms with Gasteiger partial charge in [0.1, 0.15) is 0 Å². The van der Waals surface area contributed by atoms with E-state index >= 15 is 0 Å². The predicted octanol–water partition coefficient (Wildman–Crippen LogP) is 1.14. The van der Waals surface area contributed by atoms with Crippen molar-refractivity contribution in [1.29, 1.82) is 0 Å². The topological polar surface area (TPSA) is 84.0 Å². The fourth-order valence-corrected chi connectivity index (χ4v) is 1.09. The minimum absolute atomic E-state index is 0.191. The number of hydrogen-bond acceptors (Lipinski definition) is 4. The highest BCUT2D eigenvalue weighted by Gasteiger charge is 2.03. The van der Waals surface area contributed by atoms with Gasteiger partial charge in [-0.3, -0.25) is 9.59 Å². The molecule has 1 aromatic heterocycles. The molecule has 0 aliphatic rings. The molecular weight excluding hydrogens is 344 g/mol. The van der Waals surface area contributed by atoms with Crippen molar-refractivity contribution in [3.63, 3.8) is 0 Å². The number of anilines is 2. The van der Waals surface area contributed by atoms with Crippen LogP contribution in [0.1, 0.15) is 0 Å². The quantitative estimate of drug-likeness (QED) is 0.797. The molecule has 0 atom stereocenters. The largest absolute Gasteiger partial charge is 0.309 e. The van der Waals surface area contributed by atoms with E-state index < -0.39 is 0 Å². The number of hydrogen-bond donors (Lipinski definition) is 2. The Balaban J connectivity index is 2.60. The molecule has 2 amide bonds. The molecule has 16 heavy (non-hydrogen) atoms. The van der Waals surface area contributed by atoms with Gasteiger partial charge in [-0.15, -0.1) is 0 Å². The molecule has 0 saturated heterocycles. The van der Waals surface area contributed by atoms with E-state index in [-0.39, 0.29) is 22.5 Å².